The molecular weight excluding hydrogens is 442 g/mol. The third-order valence-corrected chi connectivity index (χ3v) is 5.19. The van der Waals surface area contributed by atoms with Crippen molar-refractivity contribution >= 4 is 34.6 Å². The molecule has 0 amide bonds. The van der Waals surface area contributed by atoms with Crippen LogP contribution in [-0.2, 0) is 16.1 Å². The van der Waals surface area contributed by atoms with Crippen molar-refractivity contribution in [2.75, 3.05) is 11.9 Å². The van der Waals surface area contributed by atoms with Crippen LogP contribution in [0.25, 0.3) is 11.2 Å². The van der Waals surface area contributed by atoms with Crippen LogP contribution in [0.5, 0.6) is 5.75 Å². The predicted molar refractivity (Wildman–Crippen MR) is 111 cm³/mol. The first kappa shape index (κ1) is 21.7. The molecule has 166 valence electrons. The van der Waals surface area contributed by atoms with E-state index in [1.54, 1.807) is 18.2 Å². The van der Waals surface area contributed by atoms with Gasteiger partial charge in [0.1, 0.15) is 24.3 Å². The summed E-state index contributed by atoms with van der Waals surface area (Å²) in [5.41, 5.74) is 7.18. The first-order valence-corrected chi connectivity index (χ1v) is 9.80. The number of hydrogen-bond acceptors (Lipinski definition) is 10. The zero-order chi connectivity index (χ0) is 22.8. The number of nitrogens with one attached hydrogen (secondary N) is 1. The van der Waals surface area contributed by atoms with E-state index < -0.39 is 30.4 Å². The van der Waals surface area contributed by atoms with Crippen molar-refractivity contribution < 1.29 is 24.5 Å². The second-order valence-electron chi connectivity index (χ2n) is 6.95. The predicted octanol–water partition coefficient (Wildman–Crippen LogP) is 0.664. The standard InChI is InChI=1S/C19H18ClN7O5/c20-10-1-2-11(31-4-3-21)9(5-10)6-23-16-13-17(25-7-24-16)27(8-26-13)18-14(28)12(22)15(32-18)19(29)30/h1-2,5,7-8,12,14-15,18,28H,4,6,22H2,(H,29,30)(H,23,24,25). The van der Waals surface area contributed by atoms with Crippen LogP contribution in [0.15, 0.2) is 30.9 Å². The van der Waals surface area contributed by atoms with Gasteiger partial charge < -0.3 is 30.7 Å². The number of benzene rings is 1. The topological polar surface area (TPSA) is 181 Å². The number of carboxylic acid groups (broad SMARTS) is 1. The Hall–Kier alpha value is -3.50. The van der Waals surface area contributed by atoms with E-state index in [-0.39, 0.29) is 13.2 Å². The summed E-state index contributed by atoms with van der Waals surface area (Å²) < 4.78 is 12.3. The SMILES string of the molecule is N#CCOc1ccc(Cl)cc1CNc1ncnc2c1ncn2C1OC(C(=O)O)C(N)C1O. The first-order chi connectivity index (χ1) is 15.4. The maximum absolute atomic E-state index is 11.3. The lowest BCUT2D eigenvalue weighted by atomic mass is 10.1. The Balaban J connectivity index is 1.59. The quantitative estimate of drug-likeness (QED) is 0.389. The molecule has 3 aromatic rings. The molecule has 0 saturated carbocycles. The zero-order valence-electron chi connectivity index (χ0n) is 16.4. The number of nitriles is 1. The number of aromatic nitrogens is 4. The number of anilines is 1. The molecule has 1 fully saturated rings. The highest BCUT2D eigenvalue weighted by molar-refractivity contribution is 6.30. The Bertz CT molecular complexity index is 1200. The average molecular weight is 460 g/mol. The molecule has 4 unspecified atom stereocenters. The molecule has 1 aliphatic rings. The molecule has 13 heteroatoms. The highest BCUT2D eigenvalue weighted by Crippen LogP contribution is 2.32. The number of rotatable bonds is 7. The number of aliphatic hydroxyl groups is 1. The van der Waals surface area contributed by atoms with E-state index >= 15 is 0 Å². The van der Waals surface area contributed by atoms with E-state index in [4.69, 9.17) is 32.1 Å². The van der Waals surface area contributed by atoms with E-state index in [1.165, 1.54) is 17.2 Å². The van der Waals surface area contributed by atoms with Crippen molar-refractivity contribution in [3.05, 3.63) is 41.4 Å². The number of carbonyl (C=O) groups is 1. The number of nitrogens with two attached hydrogens (primary N) is 1. The Kier molecular flexibility index (Phi) is 6.06. The van der Waals surface area contributed by atoms with E-state index in [0.717, 1.165) is 0 Å². The van der Waals surface area contributed by atoms with E-state index in [2.05, 4.69) is 20.3 Å². The van der Waals surface area contributed by atoms with Crippen LogP contribution in [0.1, 0.15) is 11.8 Å². The molecule has 2 aromatic heterocycles. The van der Waals surface area contributed by atoms with Gasteiger partial charge in [0, 0.05) is 17.1 Å². The molecule has 4 atom stereocenters. The van der Waals surface area contributed by atoms with Crippen LogP contribution in [0.3, 0.4) is 0 Å². The first-order valence-electron chi connectivity index (χ1n) is 9.42. The van der Waals surface area contributed by atoms with Crippen LogP contribution in [0, 0.1) is 11.3 Å². The number of imidazole rings is 1. The number of ether oxygens (including phenoxy) is 2. The van der Waals surface area contributed by atoms with Gasteiger partial charge in [0.25, 0.3) is 0 Å². The molecule has 1 saturated heterocycles. The van der Waals surface area contributed by atoms with Crippen LogP contribution in [0.4, 0.5) is 5.82 Å². The van der Waals surface area contributed by atoms with E-state index in [1.807, 2.05) is 6.07 Å². The van der Waals surface area contributed by atoms with Gasteiger partial charge in [0.15, 0.2) is 35.9 Å². The number of fused-ring (bicyclic) bond motifs is 1. The molecule has 0 spiro atoms. The van der Waals surface area contributed by atoms with E-state index in [9.17, 15) is 15.0 Å². The van der Waals surface area contributed by atoms with Crippen molar-refractivity contribution in [2.24, 2.45) is 5.73 Å². The summed E-state index contributed by atoms with van der Waals surface area (Å²) in [6, 6.07) is 5.84. The van der Waals surface area contributed by atoms with Crippen molar-refractivity contribution in [1.29, 1.82) is 5.26 Å². The van der Waals surface area contributed by atoms with Crippen molar-refractivity contribution in [3.8, 4) is 11.8 Å². The molecule has 5 N–H and O–H groups in total. The smallest absolute Gasteiger partial charge is 0.334 e. The molecule has 1 aliphatic heterocycles. The van der Waals surface area contributed by atoms with Crippen LogP contribution < -0.4 is 15.8 Å². The Morgan fingerprint density at radius 1 is 1.41 bits per heavy atom. The fourth-order valence-electron chi connectivity index (χ4n) is 3.43. The van der Waals surface area contributed by atoms with Gasteiger partial charge in [-0.15, -0.1) is 0 Å². The second kappa shape index (κ2) is 8.93. The number of aliphatic hydroxyl groups excluding tert-OH is 1. The maximum atomic E-state index is 11.3. The molecule has 0 aliphatic carbocycles. The Labute approximate surface area is 186 Å². The summed E-state index contributed by atoms with van der Waals surface area (Å²) in [6.07, 6.45) is -1.04. The lowest BCUT2D eigenvalue weighted by molar-refractivity contribution is -0.152. The summed E-state index contributed by atoms with van der Waals surface area (Å²) >= 11 is 6.08. The minimum absolute atomic E-state index is 0.111. The normalized spacial score (nSPS) is 22.6. The molecule has 0 bridgehead atoms. The molecular formula is C19H18ClN7O5. The van der Waals surface area contributed by atoms with E-state index in [0.29, 0.717) is 33.3 Å². The fraction of sp³-hybridized carbons (Fsp3) is 0.316. The minimum atomic E-state index is -1.36. The average Bonchev–Trinajstić information content (AvgIpc) is 3.33. The summed E-state index contributed by atoms with van der Waals surface area (Å²) in [5, 5.41) is 32.0. The third kappa shape index (κ3) is 4.02. The molecule has 4 rings (SSSR count). The largest absolute Gasteiger partial charge is 0.479 e. The summed E-state index contributed by atoms with van der Waals surface area (Å²) in [6.45, 7) is 0.148. The third-order valence-electron chi connectivity index (χ3n) is 4.96. The number of nitrogens with zero attached hydrogens (tertiary/aromatic N) is 5. The van der Waals surface area contributed by atoms with Gasteiger partial charge in [-0.25, -0.2) is 19.7 Å². The van der Waals surface area contributed by atoms with Crippen molar-refractivity contribution in [2.45, 2.75) is 31.0 Å². The highest BCUT2D eigenvalue weighted by Gasteiger charge is 2.46. The van der Waals surface area contributed by atoms with Gasteiger partial charge in [0.2, 0.25) is 0 Å². The van der Waals surface area contributed by atoms with Gasteiger partial charge in [-0.05, 0) is 18.2 Å². The Morgan fingerprint density at radius 2 is 2.22 bits per heavy atom. The highest BCUT2D eigenvalue weighted by atomic mass is 35.5. The maximum Gasteiger partial charge on any atom is 0.334 e. The monoisotopic (exact) mass is 459 g/mol. The van der Waals surface area contributed by atoms with Gasteiger partial charge in [0.05, 0.1) is 12.4 Å². The summed E-state index contributed by atoms with van der Waals surface area (Å²) in [4.78, 5) is 24.0. The van der Waals surface area contributed by atoms with Crippen molar-refractivity contribution in [1.82, 2.24) is 19.5 Å². The minimum Gasteiger partial charge on any atom is -0.479 e. The van der Waals surface area contributed by atoms with Crippen LogP contribution in [0.2, 0.25) is 5.02 Å². The number of hydrogen-bond donors (Lipinski definition) is 4. The van der Waals surface area contributed by atoms with Gasteiger partial charge in [-0.2, -0.15) is 5.26 Å². The number of halogens is 1. The lowest BCUT2D eigenvalue weighted by Crippen LogP contribution is -2.43. The van der Waals surface area contributed by atoms with Gasteiger partial charge in [-0.3, -0.25) is 4.57 Å². The zero-order valence-corrected chi connectivity index (χ0v) is 17.2. The number of carboxylic acids is 1. The summed E-state index contributed by atoms with van der Waals surface area (Å²) in [5.74, 6) is -0.390. The molecule has 32 heavy (non-hydrogen) atoms. The summed E-state index contributed by atoms with van der Waals surface area (Å²) in [7, 11) is 0. The fourth-order valence-corrected chi connectivity index (χ4v) is 3.62. The molecule has 12 nitrogen and oxygen atoms in total. The lowest BCUT2D eigenvalue weighted by Gasteiger charge is -2.16. The van der Waals surface area contributed by atoms with Crippen LogP contribution in [-0.4, -0.2) is 60.6 Å². The van der Waals surface area contributed by atoms with Crippen molar-refractivity contribution in [3.63, 3.8) is 0 Å². The molecule has 3 heterocycles. The Morgan fingerprint density at radius 3 is 2.94 bits per heavy atom. The van der Waals surface area contributed by atoms with Crippen LogP contribution >= 0.6 is 11.6 Å². The number of aliphatic carboxylic acids is 1. The van der Waals surface area contributed by atoms with Gasteiger partial charge >= 0.3 is 5.97 Å². The second-order valence-corrected chi connectivity index (χ2v) is 7.39. The van der Waals surface area contributed by atoms with Gasteiger partial charge in [-0.1, -0.05) is 11.6 Å². The molecule has 0 radical (unpaired) electrons. The molecule has 1 aromatic carbocycles.